The van der Waals surface area contributed by atoms with Crippen molar-refractivity contribution in [2.24, 2.45) is 5.73 Å². The highest BCUT2D eigenvalue weighted by Crippen LogP contribution is 2.34. The van der Waals surface area contributed by atoms with Crippen LogP contribution in [0.1, 0.15) is 29.7 Å². The fourth-order valence-electron chi connectivity index (χ4n) is 3.42. The maximum Gasteiger partial charge on any atom is 0.119 e. The van der Waals surface area contributed by atoms with Crippen molar-refractivity contribution < 1.29 is 24.8 Å². The Morgan fingerprint density at radius 1 is 1.11 bits per heavy atom. The SMILES string of the molecule is CCOc1ccc(Cc2cc([C@@H]3O[C@H](CO)[C@H](N)[C@H](O)[C@H]3O)ccc2Cl)cc1. The van der Waals surface area contributed by atoms with Crippen LogP contribution in [0.25, 0.3) is 0 Å². The van der Waals surface area contributed by atoms with Gasteiger partial charge in [0.05, 0.1) is 25.4 Å². The topological polar surface area (TPSA) is 105 Å². The number of hydrogen-bond acceptors (Lipinski definition) is 6. The molecule has 0 unspecified atom stereocenters. The summed E-state index contributed by atoms with van der Waals surface area (Å²) in [5, 5.41) is 30.7. The van der Waals surface area contributed by atoms with Crippen LogP contribution in [-0.2, 0) is 11.2 Å². The summed E-state index contributed by atoms with van der Waals surface area (Å²) < 4.78 is 11.2. The van der Waals surface area contributed by atoms with Crippen molar-refractivity contribution in [1.29, 1.82) is 0 Å². The minimum atomic E-state index is -1.20. The monoisotopic (exact) mass is 407 g/mol. The van der Waals surface area contributed by atoms with E-state index in [1.165, 1.54) is 0 Å². The van der Waals surface area contributed by atoms with Gasteiger partial charge in [-0.1, -0.05) is 35.9 Å². The fraction of sp³-hybridized carbons (Fsp3) is 0.429. The van der Waals surface area contributed by atoms with Crippen molar-refractivity contribution in [3.63, 3.8) is 0 Å². The summed E-state index contributed by atoms with van der Waals surface area (Å²) in [5.74, 6) is 0.810. The van der Waals surface area contributed by atoms with E-state index in [0.29, 0.717) is 23.6 Å². The molecule has 0 saturated carbocycles. The average molecular weight is 408 g/mol. The minimum Gasteiger partial charge on any atom is -0.494 e. The van der Waals surface area contributed by atoms with Gasteiger partial charge in [0.25, 0.3) is 0 Å². The Labute approximate surface area is 169 Å². The molecule has 2 aromatic carbocycles. The molecule has 6 nitrogen and oxygen atoms in total. The zero-order valence-corrected chi connectivity index (χ0v) is 16.4. The van der Waals surface area contributed by atoms with Gasteiger partial charge in [-0.15, -0.1) is 0 Å². The number of halogens is 1. The van der Waals surface area contributed by atoms with Crippen LogP contribution in [0, 0.1) is 0 Å². The Hall–Kier alpha value is -1.67. The van der Waals surface area contributed by atoms with Crippen LogP contribution in [0.4, 0.5) is 0 Å². The van der Waals surface area contributed by atoms with Gasteiger partial charge >= 0.3 is 0 Å². The third-order valence-corrected chi connectivity index (χ3v) is 5.38. The molecule has 152 valence electrons. The lowest BCUT2D eigenvalue weighted by atomic mass is 9.89. The number of nitrogens with two attached hydrogens (primary N) is 1. The van der Waals surface area contributed by atoms with Gasteiger partial charge in [-0.25, -0.2) is 0 Å². The normalized spacial score (nSPS) is 27.6. The van der Waals surface area contributed by atoms with Gasteiger partial charge in [0, 0.05) is 5.02 Å². The first-order valence-electron chi connectivity index (χ1n) is 9.32. The van der Waals surface area contributed by atoms with Crippen LogP contribution < -0.4 is 10.5 Å². The Balaban J connectivity index is 1.82. The lowest BCUT2D eigenvalue weighted by molar-refractivity contribution is -0.189. The molecule has 3 rings (SSSR count). The molecule has 0 radical (unpaired) electrons. The number of hydrogen-bond donors (Lipinski definition) is 4. The highest BCUT2D eigenvalue weighted by Gasteiger charge is 2.43. The minimum absolute atomic E-state index is 0.339. The molecule has 0 bridgehead atoms. The molecule has 28 heavy (non-hydrogen) atoms. The van der Waals surface area contributed by atoms with E-state index in [4.69, 9.17) is 26.8 Å². The van der Waals surface area contributed by atoms with Crippen LogP contribution in [0.5, 0.6) is 5.75 Å². The first-order chi connectivity index (χ1) is 13.4. The molecule has 0 spiro atoms. The molecule has 1 aliphatic rings. The van der Waals surface area contributed by atoms with Crippen LogP contribution in [0.2, 0.25) is 5.02 Å². The molecule has 0 amide bonds. The van der Waals surface area contributed by atoms with Crippen molar-refractivity contribution >= 4 is 11.6 Å². The Morgan fingerprint density at radius 2 is 1.82 bits per heavy atom. The van der Waals surface area contributed by atoms with E-state index in [1.807, 2.05) is 37.3 Å². The predicted molar refractivity (Wildman–Crippen MR) is 107 cm³/mol. The Morgan fingerprint density at radius 3 is 2.46 bits per heavy atom. The standard InChI is InChI=1S/C21H26ClNO5/c1-2-27-15-6-3-12(4-7-15)9-14-10-13(5-8-16(14)22)21-20(26)19(25)18(23)17(11-24)28-21/h3-8,10,17-21,24-26H,2,9,11,23H2,1H3/t17-,18+,19+,20-,21+/m1/s1. The summed E-state index contributed by atoms with van der Waals surface area (Å²) in [4.78, 5) is 0. The van der Waals surface area contributed by atoms with Gasteiger partial charge in [0.2, 0.25) is 0 Å². The molecule has 0 aliphatic carbocycles. The molecular weight excluding hydrogens is 382 g/mol. The second-order valence-corrected chi connectivity index (χ2v) is 7.35. The second-order valence-electron chi connectivity index (χ2n) is 6.94. The summed E-state index contributed by atoms with van der Waals surface area (Å²) in [6.45, 7) is 2.21. The summed E-state index contributed by atoms with van der Waals surface area (Å²) in [6.07, 6.45) is -3.36. The summed E-state index contributed by atoms with van der Waals surface area (Å²) >= 11 is 6.37. The Kier molecular flexibility index (Phi) is 6.93. The van der Waals surface area contributed by atoms with Gasteiger partial charge in [-0.05, 0) is 48.2 Å². The van der Waals surface area contributed by atoms with Crippen molar-refractivity contribution in [3.05, 3.63) is 64.2 Å². The molecule has 1 saturated heterocycles. The van der Waals surface area contributed by atoms with Crippen LogP contribution in [0.15, 0.2) is 42.5 Å². The second kappa shape index (κ2) is 9.22. The zero-order valence-electron chi connectivity index (χ0n) is 15.7. The highest BCUT2D eigenvalue weighted by atomic mass is 35.5. The summed E-state index contributed by atoms with van der Waals surface area (Å²) in [5.41, 5.74) is 8.42. The first kappa shape index (κ1) is 21.0. The van der Waals surface area contributed by atoms with Crippen LogP contribution >= 0.6 is 11.6 Å². The quantitative estimate of drug-likeness (QED) is 0.582. The molecular formula is C21H26ClNO5. The van der Waals surface area contributed by atoms with Crippen molar-refractivity contribution in [2.45, 2.75) is 43.8 Å². The smallest absolute Gasteiger partial charge is 0.119 e. The lowest BCUT2D eigenvalue weighted by Gasteiger charge is -2.41. The highest BCUT2D eigenvalue weighted by molar-refractivity contribution is 6.31. The van der Waals surface area contributed by atoms with Gasteiger partial charge in [-0.3, -0.25) is 0 Å². The lowest BCUT2D eigenvalue weighted by Crippen LogP contribution is -2.59. The van der Waals surface area contributed by atoms with Crippen LogP contribution in [-0.4, -0.2) is 52.9 Å². The number of ether oxygens (including phenoxy) is 2. The molecule has 2 aromatic rings. The molecule has 7 heteroatoms. The number of aliphatic hydroxyl groups excluding tert-OH is 3. The largest absolute Gasteiger partial charge is 0.494 e. The molecule has 5 atom stereocenters. The van der Waals surface area contributed by atoms with Crippen molar-refractivity contribution in [2.75, 3.05) is 13.2 Å². The average Bonchev–Trinajstić information content (AvgIpc) is 2.70. The number of benzene rings is 2. The third-order valence-electron chi connectivity index (χ3n) is 5.01. The van der Waals surface area contributed by atoms with Gasteiger partial charge in [0.1, 0.15) is 24.1 Å². The van der Waals surface area contributed by atoms with E-state index in [9.17, 15) is 15.3 Å². The predicted octanol–water partition coefficient (Wildman–Crippen LogP) is 1.81. The summed E-state index contributed by atoms with van der Waals surface area (Å²) in [7, 11) is 0. The maximum atomic E-state index is 10.4. The van der Waals surface area contributed by atoms with Gasteiger partial charge < -0.3 is 30.5 Å². The van der Waals surface area contributed by atoms with Gasteiger partial charge in [0.15, 0.2) is 0 Å². The zero-order chi connectivity index (χ0) is 20.3. The van der Waals surface area contributed by atoms with E-state index in [-0.39, 0.29) is 6.61 Å². The number of aliphatic hydroxyl groups is 3. The van der Waals surface area contributed by atoms with Crippen LogP contribution in [0.3, 0.4) is 0 Å². The van der Waals surface area contributed by atoms with E-state index in [1.54, 1.807) is 12.1 Å². The van der Waals surface area contributed by atoms with E-state index in [2.05, 4.69) is 0 Å². The molecule has 1 aliphatic heterocycles. The molecule has 0 aromatic heterocycles. The van der Waals surface area contributed by atoms with Crippen molar-refractivity contribution in [1.82, 2.24) is 0 Å². The van der Waals surface area contributed by atoms with Gasteiger partial charge in [-0.2, -0.15) is 0 Å². The molecule has 1 fully saturated rings. The van der Waals surface area contributed by atoms with Crippen molar-refractivity contribution in [3.8, 4) is 5.75 Å². The fourth-order valence-corrected chi connectivity index (χ4v) is 3.61. The third kappa shape index (κ3) is 4.49. The maximum absolute atomic E-state index is 10.4. The first-order valence-corrected chi connectivity index (χ1v) is 9.70. The molecule has 1 heterocycles. The van der Waals surface area contributed by atoms with E-state index >= 15 is 0 Å². The van der Waals surface area contributed by atoms with E-state index in [0.717, 1.165) is 16.9 Å². The summed E-state index contributed by atoms with van der Waals surface area (Å²) in [6, 6.07) is 12.3. The van der Waals surface area contributed by atoms with E-state index < -0.39 is 30.5 Å². The molecule has 5 N–H and O–H groups in total. The Bertz CT molecular complexity index is 783. The number of rotatable bonds is 6.